The minimum absolute atomic E-state index is 0.0103. The zero-order valence-electron chi connectivity index (χ0n) is 18.9. The number of carbonyl (C=O) groups excluding carboxylic acids is 3. The first kappa shape index (κ1) is 23.3. The Morgan fingerprint density at radius 3 is 2.26 bits per heavy atom. The van der Waals surface area contributed by atoms with Gasteiger partial charge in [0.1, 0.15) is 13.2 Å². The van der Waals surface area contributed by atoms with Crippen LogP contribution in [-0.2, 0) is 19.1 Å². The van der Waals surface area contributed by atoms with Gasteiger partial charge in [0.05, 0.1) is 6.54 Å². The van der Waals surface area contributed by atoms with Crippen molar-refractivity contribution in [3.63, 3.8) is 0 Å². The number of amides is 3. The molecule has 2 aromatic rings. The van der Waals surface area contributed by atoms with E-state index in [1.807, 2.05) is 36.4 Å². The monoisotopic (exact) mass is 465 g/mol. The molecule has 178 valence electrons. The fraction of sp³-hybridized carbons (Fsp3) is 0.360. The molecule has 9 nitrogen and oxygen atoms in total. The molecule has 1 heterocycles. The van der Waals surface area contributed by atoms with E-state index in [2.05, 4.69) is 17.4 Å². The molecule has 34 heavy (non-hydrogen) atoms. The molecule has 2 aliphatic rings. The zero-order valence-corrected chi connectivity index (χ0v) is 18.9. The Balaban J connectivity index is 1.27. The highest BCUT2D eigenvalue weighted by Gasteiger charge is 2.30. The Morgan fingerprint density at radius 2 is 1.68 bits per heavy atom. The second-order valence-electron chi connectivity index (χ2n) is 8.60. The topological polar surface area (TPSA) is 116 Å². The quantitative estimate of drug-likeness (QED) is 0.647. The molecule has 0 spiro atoms. The Bertz CT molecular complexity index is 1070. The first-order valence-electron chi connectivity index (χ1n) is 11.2. The predicted molar refractivity (Wildman–Crippen MR) is 123 cm³/mol. The summed E-state index contributed by atoms with van der Waals surface area (Å²) in [6.07, 6.45) is -0.597. The van der Waals surface area contributed by atoms with Crippen LogP contribution >= 0.6 is 0 Å². The van der Waals surface area contributed by atoms with Gasteiger partial charge < -0.3 is 25.0 Å². The normalized spacial score (nSPS) is 16.0. The molecule has 2 N–H and O–H groups in total. The van der Waals surface area contributed by atoms with Crippen molar-refractivity contribution < 1.29 is 29.0 Å². The zero-order chi connectivity index (χ0) is 24.2. The first-order valence-corrected chi connectivity index (χ1v) is 11.2. The Labute approximate surface area is 197 Å². The summed E-state index contributed by atoms with van der Waals surface area (Å²) in [6, 6.07) is 15.6. The average molecular weight is 466 g/mol. The van der Waals surface area contributed by atoms with Gasteiger partial charge in [-0.15, -0.1) is 0 Å². The number of aliphatic carboxylic acids is 1. The van der Waals surface area contributed by atoms with Crippen LogP contribution in [0.15, 0.2) is 48.5 Å². The molecule has 1 atom stereocenters. The van der Waals surface area contributed by atoms with Crippen LogP contribution in [0.3, 0.4) is 0 Å². The lowest BCUT2D eigenvalue weighted by Gasteiger charge is -2.34. The lowest BCUT2D eigenvalue weighted by molar-refractivity contribution is -0.150. The first-order chi connectivity index (χ1) is 16.3. The Hall–Kier alpha value is -3.88. The van der Waals surface area contributed by atoms with Gasteiger partial charge in [-0.05, 0) is 29.2 Å². The van der Waals surface area contributed by atoms with Gasteiger partial charge in [-0.2, -0.15) is 0 Å². The van der Waals surface area contributed by atoms with Gasteiger partial charge >= 0.3 is 12.1 Å². The molecule has 0 bridgehead atoms. The predicted octanol–water partition coefficient (Wildman–Crippen LogP) is 2.06. The Kier molecular flexibility index (Phi) is 6.81. The van der Waals surface area contributed by atoms with Crippen LogP contribution in [0.1, 0.15) is 30.4 Å². The number of rotatable bonds is 7. The van der Waals surface area contributed by atoms with Gasteiger partial charge in [0, 0.05) is 31.5 Å². The number of benzene rings is 2. The summed E-state index contributed by atoms with van der Waals surface area (Å²) in [7, 11) is 0. The van der Waals surface area contributed by atoms with Crippen molar-refractivity contribution in [3.8, 4) is 11.1 Å². The van der Waals surface area contributed by atoms with Crippen LogP contribution < -0.4 is 5.32 Å². The molecule has 4 rings (SSSR count). The molecule has 1 unspecified atom stereocenters. The van der Waals surface area contributed by atoms with E-state index >= 15 is 0 Å². The number of hydrogen-bond acceptors (Lipinski definition) is 5. The van der Waals surface area contributed by atoms with Gasteiger partial charge in [0.15, 0.2) is 0 Å². The van der Waals surface area contributed by atoms with Crippen LogP contribution in [-0.4, -0.2) is 77.6 Å². The number of carbonyl (C=O) groups is 4. The van der Waals surface area contributed by atoms with Crippen molar-refractivity contribution in [1.82, 2.24) is 15.1 Å². The summed E-state index contributed by atoms with van der Waals surface area (Å²) in [5.74, 6) is -1.83. The number of nitrogens with one attached hydrogen (secondary N) is 1. The van der Waals surface area contributed by atoms with Crippen molar-refractivity contribution >= 4 is 23.9 Å². The number of carboxylic acids is 1. The standard InChI is InChI=1S/C25H27N3O6/c1-16(12-22(29)27-10-11-28(14-24(31)32)23(30)13-27)26-25(33)34-15-21-19-8-4-2-6-17(19)18-7-3-5-9-20(18)21/h2-9,16,21H,10-15H2,1H3,(H,26,33)(H,31,32). The lowest BCUT2D eigenvalue weighted by atomic mass is 9.98. The fourth-order valence-electron chi connectivity index (χ4n) is 4.54. The van der Waals surface area contributed by atoms with E-state index in [9.17, 15) is 19.2 Å². The van der Waals surface area contributed by atoms with Crippen LogP contribution in [0.5, 0.6) is 0 Å². The maximum Gasteiger partial charge on any atom is 0.407 e. The third-order valence-corrected chi connectivity index (χ3v) is 6.19. The van der Waals surface area contributed by atoms with E-state index in [0.29, 0.717) is 0 Å². The maximum absolute atomic E-state index is 12.6. The van der Waals surface area contributed by atoms with Crippen molar-refractivity contribution in [1.29, 1.82) is 0 Å². The molecule has 9 heteroatoms. The fourth-order valence-corrected chi connectivity index (χ4v) is 4.54. The third-order valence-electron chi connectivity index (χ3n) is 6.19. The van der Waals surface area contributed by atoms with Crippen molar-refractivity contribution in [2.75, 3.05) is 32.8 Å². The van der Waals surface area contributed by atoms with Crippen molar-refractivity contribution in [3.05, 3.63) is 59.7 Å². The number of piperazine rings is 1. The molecule has 1 saturated heterocycles. The van der Waals surface area contributed by atoms with Crippen molar-refractivity contribution in [2.45, 2.75) is 25.3 Å². The summed E-state index contributed by atoms with van der Waals surface area (Å²) < 4.78 is 5.51. The van der Waals surface area contributed by atoms with Gasteiger partial charge in [-0.3, -0.25) is 14.4 Å². The third kappa shape index (κ3) is 5.03. The van der Waals surface area contributed by atoms with Gasteiger partial charge in [0.2, 0.25) is 11.8 Å². The number of alkyl carbamates (subject to hydrolysis) is 1. The van der Waals surface area contributed by atoms with Crippen molar-refractivity contribution in [2.24, 2.45) is 0 Å². The van der Waals surface area contributed by atoms with E-state index in [4.69, 9.17) is 9.84 Å². The van der Waals surface area contributed by atoms with Crippen LogP contribution in [0, 0.1) is 0 Å². The summed E-state index contributed by atoms with van der Waals surface area (Å²) in [5.41, 5.74) is 4.52. The molecular formula is C25H27N3O6. The molecule has 2 aromatic carbocycles. The average Bonchev–Trinajstić information content (AvgIpc) is 3.12. The van der Waals surface area contributed by atoms with E-state index in [1.54, 1.807) is 6.92 Å². The molecule has 0 aromatic heterocycles. The van der Waals surface area contributed by atoms with Crippen LogP contribution in [0.4, 0.5) is 4.79 Å². The number of fused-ring (bicyclic) bond motifs is 3. The second kappa shape index (κ2) is 9.94. The molecule has 0 saturated carbocycles. The van der Waals surface area contributed by atoms with E-state index in [1.165, 1.54) is 9.80 Å². The smallest absolute Gasteiger partial charge is 0.407 e. The summed E-state index contributed by atoms with van der Waals surface area (Å²) >= 11 is 0. The number of carboxylic acid groups (broad SMARTS) is 1. The molecule has 0 radical (unpaired) electrons. The van der Waals surface area contributed by atoms with Gasteiger partial charge in [-0.25, -0.2) is 4.79 Å². The molecule has 1 aliphatic heterocycles. The number of nitrogens with zero attached hydrogens (tertiary/aromatic N) is 2. The summed E-state index contributed by atoms with van der Waals surface area (Å²) in [6.45, 7) is 1.77. The highest BCUT2D eigenvalue weighted by Crippen LogP contribution is 2.44. The van der Waals surface area contributed by atoms with E-state index in [-0.39, 0.29) is 51.0 Å². The number of ether oxygens (including phenoxy) is 1. The SMILES string of the molecule is CC(CC(=O)N1CCN(CC(=O)O)C(=O)C1)NC(=O)OCC1c2ccccc2-c2ccccc21. The minimum atomic E-state index is -1.09. The maximum atomic E-state index is 12.6. The lowest BCUT2D eigenvalue weighted by Crippen LogP contribution is -2.54. The van der Waals surface area contributed by atoms with Gasteiger partial charge in [0.25, 0.3) is 0 Å². The summed E-state index contributed by atoms with van der Waals surface area (Å²) in [5, 5.41) is 11.5. The van der Waals surface area contributed by atoms with Crippen LogP contribution in [0.2, 0.25) is 0 Å². The summed E-state index contributed by atoms with van der Waals surface area (Å²) in [4.78, 5) is 50.4. The highest BCUT2D eigenvalue weighted by atomic mass is 16.5. The molecular weight excluding hydrogens is 438 g/mol. The van der Waals surface area contributed by atoms with E-state index < -0.39 is 24.0 Å². The highest BCUT2D eigenvalue weighted by molar-refractivity contribution is 5.88. The second-order valence-corrected chi connectivity index (χ2v) is 8.60. The largest absolute Gasteiger partial charge is 0.480 e. The molecule has 3 amide bonds. The van der Waals surface area contributed by atoms with Crippen LogP contribution in [0.25, 0.3) is 11.1 Å². The van der Waals surface area contributed by atoms with Gasteiger partial charge in [-0.1, -0.05) is 48.5 Å². The Morgan fingerprint density at radius 1 is 1.06 bits per heavy atom. The molecule has 1 fully saturated rings. The minimum Gasteiger partial charge on any atom is -0.480 e. The number of hydrogen-bond donors (Lipinski definition) is 2. The van der Waals surface area contributed by atoms with E-state index in [0.717, 1.165) is 22.3 Å². The molecule has 1 aliphatic carbocycles.